The second kappa shape index (κ2) is 6.86. The van der Waals surface area contributed by atoms with Gasteiger partial charge in [-0.15, -0.1) is 11.3 Å². The first-order chi connectivity index (χ1) is 13.8. The first-order valence-corrected chi connectivity index (χ1v) is 10.2. The first kappa shape index (κ1) is 17.1. The molecule has 4 aromatic carbocycles. The lowest BCUT2D eigenvalue weighted by molar-refractivity contribution is 1.07. The summed E-state index contributed by atoms with van der Waals surface area (Å²) in [5.41, 5.74) is 10.3. The summed E-state index contributed by atoms with van der Waals surface area (Å²) >= 11 is 1.83. The normalized spacial score (nSPS) is 12.3. The van der Waals surface area contributed by atoms with E-state index in [-0.39, 0.29) is 6.67 Å². The fourth-order valence-electron chi connectivity index (χ4n) is 3.98. The second-order valence-corrected chi connectivity index (χ2v) is 8.04. The minimum atomic E-state index is 0.268. The molecule has 5 rings (SSSR count). The van der Waals surface area contributed by atoms with Crippen LogP contribution in [0.3, 0.4) is 0 Å². The van der Waals surface area contributed by atoms with Crippen molar-refractivity contribution in [2.24, 2.45) is 10.7 Å². The zero-order valence-corrected chi connectivity index (χ0v) is 16.5. The number of thiophene rings is 1. The molecule has 0 saturated heterocycles. The topological polar surface area (TPSA) is 38.4 Å². The van der Waals surface area contributed by atoms with Crippen LogP contribution in [0.4, 0.5) is 0 Å². The van der Waals surface area contributed by atoms with Crippen molar-refractivity contribution < 1.29 is 0 Å². The van der Waals surface area contributed by atoms with Gasteiger partial charge in [-0.05, 0) is 41.5 Å². The molecule has 2 nitrogen and oxygen atoms in total. The molecule has 5 aromatic rings. The van der Waals surface area contributed by atoms with E-state index < -0.39 is 0 Å². The predicted octanol–water partition coefficient (Wildman–Crippen LogP) is 6.27. The maximum Gasteiger partial charge on any atom is 0.0867 e. The van der Waals surface area contributed by atoms with Gasteiger partial charge in [-0.2, -0.15) is 0 Å². The predicted molar refractivity (Wildman–Crippen MR) is 123 cm³/mol. The van der Waals surface area contributed by atoms with Gasteiger partial charge in [0.15, 0.2) is 0 Å². The van der Waals surface area contributed by atoms with Crippen LogP contribution in [-0.2, 0) is 0 Å². The second-order valence-electron chi connectivity index (χ2n) is 6.96. The van der Waals surface area contributed by atoms with Gasteiger partial charge in [0.2, 0.25) is 0 Å². The van der Waals surface area contributed by atoms with E-state index in [0.717, 1.165) is 16.8 Å². The maximum atomic E-state index is 5.86. The highest BCUT2D eigenvalue weighted by molar-refractivity contribution is 7.25. The third-order valence-electron chi connectivity index (χ3n) is 5.35. The van der Waals surface area contributed by atoms with Crippen molar-refractivity contribution in [2.45, 2.75) is 6.92 Å². The van der Waals surface area contributed by atoms with Crippen LogP contribution in [0.5, 0.6) is 0 Å². The molecule has 1 aromatic heterocycles. The Bertz CT molecular complexity index is 1360. The fourth-order valence-corrected chi connectivity index (χ4v) is 5.07. The van der Waals surface area contributed by atoms with E-state index in [9.17, 15) is 0 Å². The van der Waals surface area contributed by atoms with Crippen molar-refractivity contribution in [3.63, 3.8) is 0 Å². The molecule has 0 atom stereocenters. The number of hydrogen-bond acceptors (Lipinski definition) is 3. The molecule has 0 unspecified atom stereocenters. The Morgan fingerprint density at radius 1 is 0.821 bits per heavy atom. The van der Waals surface area contributed by atoms with Gasteiger partial charge >= 0.3 is 0 Å². The smallest absolute Gasteiger partial charge is 0.0867 e. The minimum absolute atomic E-state index is 0.268. The maximum absolute atomic E-state index is 5.86. The molecule has 2 N–H and O–H groups in total. The molecule has 0 saturated carbocycles. The summed E-state index contributed by atoms with van der Waals surface area (Å²) in [6.07, 6.45) is 0. The molecule has 0 fully saturated rings. The molecule has 0 aliphatic carbocycles. The van der Waals surface area contributed by atoms with Gasteiger partial charge in [0.1, 0.15) is 0 Å². The third-order valence-corrected chi connectivity index (χ3v) is 6.50. The summed E-state index contributed by atoms with van der Waals surface area (Å²) in [5, 5.41) is 5.08. The lowest BCUT2D eigenvalue weighted by Crippen LogP contribution is -2.09. The number of aliphatic imine (C=N–C) groups is 1. The highest BCUT2D eigenvalue weighted by atomic mass is 32.1. The molecule has 28 heavy (non-hydrogen) atoms. The zero-order valence-electron chi connectivity index (χ0n) is 15.6. The minimum Gasteiger partial charge on any atom is -0.312 e. The zero-order chi connectivity index (χ0) is 19.1. The van der Waals surface area contributed by atoms with E-state index in [4.69, 9.17) is 10.7 Å². The SMILES string of the molecule is Cc1c(/C(=N\CN)c2ccc3sc4ccccc4c3c2)ccc2ccccc12. The highest BCUT2D eigenvalue weighted by Gasteiger charge is 2.14. The lowest BCUT2D eigenvalue weighted by Gasteiger charge is -2.13. The summed E-state index contributed by atoms with van der Waals surface area (Å²) in [4.78, 5) is 4.70. The van der Waals surface area contributed by atoms with Gasteiger partial charge in [-0.25, -0.2) is 0 Å². The Labute approximate surface area is 168 Å². The molecule has 3 heteroatoms. The van der Waals surface area contributed by atoms with E-state index in [2.05, 4.69) is 85.8 Å². The Morgan fingerprint density at radius 2 is 1.57 bits per heavy atom. The van der Waals surface area contributed by atoms with Crippen LogP contribution >= 0.6 is 11.3 Å². The van der Waals surface area contributed by atoms with E-state index in [0.29, 0.717) is 0 Å². The van der Waals surface area contributed by atoms with Crippen molar-refractivity contribution >= 4 is 48.0 Å². The van der Waals surface area contributed by atoms with Crippen LogP contribution in [0, 0.1) is 6.92 Å². The average Bonchev–Trinajstić information content (AvgIpc) is 3.11. The van der Waals surface area contributed by atoms with Crippen LogP contribution in [0.25, 0.3) is 30.9 Å². The van der Waals surface area contributed by atoms with Crippen LogP contribution in [-0.4, -0.2) is 12.4 Å². The fraction of sp³-hybridized carbons (Fsp3) is 0.0800. The number of fused-ring (bicyclic) bond motifs is 4. The number of hydrogen-bond donors (Lipinski definition) is 1. The molecule has 0 aliphatic heterocycles. The van der Waals surface area contributed by atoms with E-state index >= 15 is 0 Å². The van der Waals surface area contributed by atoms with E-state index in [1.54, 1.807) is 0 Å². The van der Waals surface area contributed by atoms with Crippen molar-refractivity contribution in [2.75, 3.05) is 6.67 Å². The molecule has 0 spiro atoms. The van der Waals surface area contributed by atoms with Crippen molar-refractivity contribution in [1.82, 2.24) is 0 Å². The van der Waals surface area contributed by atoms with E-state index in [1.807, 2.05) is 11.3 Å². The van der Waals surface area contributed by atoms with Gasteiger partial charge in [0, 0.05) is 31.3 Å². The standard InChI is InChI=1S/C25H20N2S/c1-16-19-7-3-2-6-17(19)10-12-20(16)25(27-15-26)18-11-13-24-22(14-18)21-8-4-5-9-23(21)28-24/h2-14H,15,26H2,1H3/b27-25-. The number of nitrogens with zero attached hydrogens (tertiary/aromatic N) is 1. The van der Waals surface area contributed by atoms with Crippen molar-refractivity contribution in [1.29, 1.82) is 0 Å². The molecule has 0 amide bonds. The molecule has 136 valence electrons. The van der Waals surface area contributed by atoms with Gasteiger partial charge < -0.3 is 5.73 Å². The molecule has 0 bridgehead atoms. The Hall–Kier alpha value is -3.01. The highest BCUT2D eigenvalue weighted by Crippen LogP contribution is 2.35. The molecule has 0 aliphatic rings. The van der Waals surface area contributed by atoms with Gasteiger partial charge in [0.25, 0.3) is 0 Å². The first-order valence-electron chi connectivity index (χ1n) is 9.41. The number of aryl methyl sites for hydroxylation is 1. The Balaban J connectivity index is 1.74. The van der Waals surface area contributed by atoms with Gasteiger partial charge in [-0.1, -0.05) is 60.7 Å². The summed E-state index contributed by atoms with van der Waals surface area (Å²) in [7, 11) is 0. The summed E-state index contributed by atoms with van der Waals surface area (Å²) < 4.78 is 2.61. The lowest BCUT2D eigenvalue weighted by atomic mass is 9.93. The summed E-state index contributed by atoms with van der Waals surface area (Å²) in [5.74, 6) is 0. The van der Waals surface area contributed by atoms with E-state index in [1.165, 1.54) is 36.5 Å². The van der Waals surface area contributed by atoms with Crippen molar-refractivity contribution in [3.05, 3.63) is 95.6 Å². The molecular weight excluding hydrogens is 360 g/mol. The largest absolute Gasteiger partial charge is 0.312 e. The number of benzene rings is 4. The van der Waals surface area contributed by atoms with Crippen LogP contribution in [0.1, 0.15) is 16.7 Å². The quantitative estimate of drug-likeness (QED) is 0.368. The average molecular weight is 381 g/mol. The Morgan fingerprint density at radius 3 is 2.43 bits per heavy atom. The van der Waals surface area contributed by atoms with Crippen LogP contribution < -0.4 is 5.73 Å². The van der Waals surface area contributed by atoms with Crippen LogP contribution in [0.2, 0.25) is 0 Å². The molecule has 0 radical (unpaired) electrons. The number of nitrogens with two attached hydrogens (primary N) is 1. The molecular formula is C25H20N2S. The summed E-state index contributed by atoms with van der Waals surface area (Å²) in [6.45, 7) is 2.44. The van der Waals surface area contributed by atoms with Crippen LogP contribution in [0.15, 0.2) is 83.9 Å². The van der Waals surface area contributed by atoms with Crippen molar-refractivity contribution in [3.8, 4) is 0 Å². The van der Waals surface area contributed by atoms with Gasteiger partial charge in [0.05, 0.1) is 12.4 Å². The third kappa shape index (κ3) is 2.71. The van der Waals surface area contributed by atoms with Gasteiger partial charge in [-0.3, -0.25) is 4.99 Å². The molecule has 1 heterocycles. The summed E-state index contributed by atoms with van der Waals surface area (Å²) in [6, 6.07) is 28.0. The monoisotopic (exact) mass is 380 g/mol. The number of rotatable bonds is 3. The Kier molecular flexibility index (Phi) is 4.19.